The molecule has 0 spiro atoms. The summed E-state index contributed by atoms with van der Waals surface area (Å²) in [5.41, 5.74) is 2.84. The highest BCUT2D eigenvalue weighted by Gasteiger charge is 2.08. The molecule has 2 nitrogen and oxygen atoms in total. The molecule has 0 bridgehead atoms. The van der Waals surface area contributed by atoms with Crippen LogP contribution in [0.5, 0.6) is 0 Å². The van der Waals surface area contributed by atoms with E-state index >= 15 is 0 Å². The van der Waals surface area contributed by atoms with Crippen LogP contribution in [0.3, 0.4) is 0 Å². The number of benzene rings is 1. The minimum absolute atomic E-state index is 0.264. The van der Waals surface area contributed by atoms with Crippen LogP contribution in [0.15, 0.2) is 29.8 Å². The molecule has 1 aromatic carbocycles. The Balaban J connectivity index is 2.87. The molecule has 0 amide bonds. The van der Waals surface area contributed by atoms with E-state index in [9.17, 15) is 4.79 Å². The molecule has 0 unspecified atom stereocenters. The topological polar surface area (TPSA) is 26.3 Å². The number of hydrogen-bond acceptors (Lipinski definition) is 2. The van der Waals surface area contributed by atoms with Crippen molar-refractivity contribution in [2.75, 3.05) is 11.9 Å². The summed E-state index contributed by atoms with van der Waals surface area (Å²) in [7, 11) is 0. The number of carbonyl (C=O) groups is 1. The number of halogens is 1. The maximum absolute atomic E-state index is 11.5. The van der Waals surface area contributed by atoms with E-state index < -0.39 is 0 Å². The molecular weight excluding hydrogens is 268 g/mol. The quantitative estimate of drug-likeness (QED) is 0.481. The lowest BCUT2D eigenvalue weighted by Crippen LogP contribution is -2.08. The van der Waals surface area contributed by atoms with E-state index in [1.165, 1.54) is 5.56 Å². The van der Waals surface area contributed by atoms with Crippen LogP contribution in [0, 0.1) is 6.92 Å². The smallest absolute Gasteiger partial charge is 0.334 e. The summed E-state index contributed by atoms with van der Waals surface area (Å²) in [6, 6.07) is 8.00. The molecule has 86 valence electrons. The zero-order chi connectivity index (χ0) is 12.0. The summed E-state index contributed by atoms with van der Waals surface area (Å²) in [5, 5.41) is 0.500. The number of aryl methyl sites for hydroxylation is 1. The van der Waals surface area contributed by atoms with E-state index in [-0.39, 0.29) is 5.97 Å². The van der Waals surface area contributed by atoms with Crippen molar-refractivity contribution in [3.63, 3.8) is 0 Å². The fourth-order valence-corrected chi connectivity index (χ4v) is 1.63. The standard InChI is InChI=1S/C13H15BrO2/c1-3-16-13(15)12(9-14)8-11-6-4-10(2)5-7-11/h4-8H,3,9H2,1-2H3/b12-8-. The number of hydrogen-bond donors (Lipinski definition) is 0. The van der Waals surface area contributed by atoms with Gasteiger partial charge in [-0.3, -0.25) is 0 Å². The molecule has 0 atom stereocenters. The van der Waals surface area contributed by atoms with Crippen LogP contribution in [-0.4, -0.2) is 17.9 Å². The molecule has 0 aliphatic heterocycles. The minimum Gasteiger partial charge on any atom is -0.463 e. The molecule has 0 heterocycles. The fraction of sp³-hybridized carbons (Fsp3) is 0.308. The van der Waals surface area contributed by atoms with Gasteiger partial charge in [-0.1, -0.05) is 45.8 Å². The summed E-state index contributed by atoms with van der Waals surface area (Å²) in [4.78, 5) is 11.5. The third-order valence-electron chi connectivity index (χ3n) is 2.10. The van der Waals surface area contributed by atoms with Gasteiger partial charge in [-0.25, -0.2) is 4.79 Å². The number of rotatable bonds is 4. The SMILES string of the molecule is CCOC(=O)/C(=C\c1ccc(C)cc1)CBr. The molecule has 16 heavy (non-hydrogen) atoms. The zero-order valence-electron chi connectivity index (χ0n) is 9.50. The highest BCUT2D eigenvalue weighted by Crippen LogP contribution is 2.11. The van der Waals surface area contributed by atoms with Crippen molar-refractivity contribution in [3.8, 4) is 0 Å². The molecule has 0 radical (unpaired) electrons. The molecule has 1 aromatic rings. The molecule has 0 aliphatic carbocycles. The Bertz CT molecular complexity index is 379. The van der Waals surface area contributed by atoms with Crippen LogP contribution in [0.4, 0.5) is 0 Å². The van der Waals surface area contributed by atoms with Crippen molar-refractivity contribution < 1.29 is 9.53 Å². The number of alkyl halides is 1. The Labute approximate surface area is 104 Å². The lowest BCUT2D eigenvalue weighted by atomic mass is 10.1. The van der Waals surface area contributed by atoms with Gasteiger partial charge in [0, 0.05) is 10.9 Å². The van der Waals surface area contributed by atoms with Crippen LogP contribution < -0.4 is 0 Å². The Morgan fingerprint density at radius 3 is 2.50 bits per heavy atom. The van der Waals surface area contributed by atoms with Gasteiger partial charge in [0.2, 0.25) is 0 Å². The Morgan fingerprint density at radius 2 is 2.00 bits per heavy atom. The summed E-state index contributed by atoms with van der Waals surface area (Å²) >= 11 is 3.29. The van der Waals surface area contributed by atoms with Crippen LogP contribution in [0.25, 0.3) is 6.08 Å². The Morgan fingerprint density at radius 1 is 1.38 bits per heavy atom. The van der Waals surface area contributed by atoms with Gasteiger partial charge in [-0.05, 0) is 25.5 Å². The third kappa shape index (κ3) is 3.81. The zero-order valence-corrected chi connectivity index (χ0v) is 11.1. The average molecular weight is 283 g/mol. The van der Waals surface area contributed by atoms with E-state index in [1.807, 2.05) is 37.3 Å². The molecule has 0 saturated carbocycles. The van der Waals surface area contributed by atoms with Gasteiger partial charge >= 0.3 is 5.97 Å². The van der Waals surface area contributed by atoms with Gasteiger partial charge < -0.3 is 4.74 Å². The number of esters is 1. The predicted molar refractivity (Wildman–Crippen MR) is 69.6 cm³/mol. The first kappa shape index (κ1) is 13.0. The second-order valence-corrected chi connectivity index (χ2v) is 4.00. The largest absolute Gasteiger partial charge is 0.463 e. The molecule has 0 saturated heterocycles. The fourth-order valence-electron chi connectivity index (χ4n) is 1.24. The van der Waals surface area contributed by atoms with Gasteiger partial charge in [0.25, 0.3) is 0 Å². The summed E-state index contributed by atoms with van der Waals surface area (Å²) in [5.74, 6) is -0.264. The van der Waals surface area contributed by atoms with Gasteiger partial charge in [0.15, 0.2) is 0 Å². The first-order chi connectivity index (χ1) is 7.67. The molecule has 0 fully saturated rings. The van der Waals surface area contributed by atoms with E-state index in [2.05, 4.69) is 15.9 Å². The van der Waals surface area contributed by atoms with Gasteiger partial charge in [0.1, 0.15) is 0 Å². The van der Waals surface area contributed by atoms with Crippen molar-refractivity contribution >= 4 is 28.0 Å². The lowest BCUT2D eigenvalue weighted by molar-refractivity contribution is -0.138. The van der Waals surface area contributed by atoms with Crippen LogP contribution >= 0.6 is 15.9 Å². The molecule has 0 N–H and O–H groups in total. The Hall–Kier alpha value is -1.09. The third-order valence-corrected chi connectivity index (χ3v) is 2.70. The van der Waals surface area contributed by atoms with Crippen molar-refractivity contribution in [1.82, 2.24) is 0 Å². The van der Waals surface area contributed by atoms with Crippen molar-refractivity contribution in [2.45, 2.75) is 13.8 Å². The van der Waals surface area contributed by atoms with Crippen molar-refractivity contribution in [1.29, 1.82) is 0 Å². The van der Waals surface area contributed by atoms with Crippen molar-refractivity contribution in [3.05, 3.63) is 41.0 Å². The Kier molecular flexibility index (Phi) is 5.26. The van der Waals surface area contributed by atoms with Crippen LogP contribution in [0.2, 0.25) is 0 Å². The first-order valence-electron chi connectivity index (χ1n) is 5.17. The maximum Gasteiger partial charge on any atom is 0.334 e. The second-order valence-electron chi connectivity index (χ2n) is 3.43. The number of carbonyl (C=O) groups excluding carboxylic acids is 1. The maximum atomic E-state index is 11.5. The highest BCUT2D eigenvalue weighted by molar-refractivity contribution is 9.09. The second kappa shape index (κ2) is 6.48. The van der Waals surface area contributed by atoms with E-state index in [0.29, 0.717) is 17.5 Å². The van der Waals surface area contributed by atoms with Crippen molar-refractivity contribution in [2.24, 2.45) is 0 Å². The summed E-state index contributed by atoms with van der Waals surface area (Å²) < 4.78 is 4.95. The summed E-state index contributed by atoms with van der Waals surface area (Å²) in [6.45, 7) is 4.23. The molecule has 3 heteroatoms. The molecular formula is C13H15BrO2. The average Bonchev–Trinajstić information content (AvgIpc) is 2.28. The van der Waals surface area contributed by atoms with E-state index in [0.717, 1.165) is 5.56 Å². The van der Waals surface area contributed by atoms with E-state index in [1.54, 1.807) is 6.92 Å². The van der Waals surface area contributed by atoms with Gasteiger partial charge in [0.05, 0.1) is 6.61 Å². The summed E-state index contributed by atoms with van der Waals surface area (Å²) in [6.07, 6.45) is 1.84. The monoisotopic (exact) mass is 282 g/mol. The minimum atomic E-state index is -0.264. The molecule has 0 aromatic heterocycles. The molecule has 0 aliphatic rings. The van der Waals surface area contributed by atoms with Crippen LogP contribution in [-0.2, 0) is 9.53 Å². The number of ether oxygens (including phenoxy) is 1. The predicted octanol–water partition coefficient (Wildman–Crippen LogP) is 3.34. The lowest BCUT2D eigenvalue weighted by Gasteiger charge is -2.03. The highest BCUT2D eigenvalue weighted by atomic mass is 79.9. The molecule has 1 rings (SSSR count). The van der Waals surface area contributed by atoms with Crippen LogP contribution in [0.1, 0.15) is 18.1 Å². The van der Waals surface area contributed by atoms with Gasteiger partial charge in [-0.15, -0.1) is 0 Å². The first-order valence-corrected chi connectivity index (χ1v) is 6.30. The normalized spacial score (nSPS) is 11.3. The van der Waals surface area contributed by atoms with Gasteiger partial charge in [-0.2, -0.15) is 0 Å². The van der Waals surface area contributed by atoms with E-state index in [4.69, 9.17) is 4.74 Å².